The standard InChI is InChI=1S/C20H19FN2O2S/c1-14(12-17-4-3-11-25-17)23-19(24)18-5-2-10-22-20(18)26-13-15-6-8-16(21)9-7-15/h2-11,14H,12-13H2,1H3,(H,23,24). The summed E-state index contributed by atoms with van der Waals surface area (Å²) in [5, 5.41) is 3.63. The molecule has 2 aromatic heterocycles. The molecule has 0 radical (unpaired) electrons. The van der Waals surface area contributed by atoms with E-state index in [1.807, 2.05) is 19.1 Å². The van der Waals surface area contributed by atoms with Crippen molar-refractivity contribution in [3.05, 3.63) is 83.7 Å². The minimum Gasteiger partial charge on any atom is -0.469 e. The Morgan fingerprint density at radius 2 is 2.04 bits per heavy atom. The summed E-state index contributed by atoms with van der Waals surface area (Å²) in [5.74, 6) is 1.01. The van der Waals surface area contributed by atoms with Crippen LogP contribution in [0.5, 0.6) is 0 Å². The zero-order chi connectivity index (χ0) is 18.4. The van der Waals surface area contributed by atoms with Gasteiger partial charge in [-0.25, -0.2) is 9.37 Å². The third-order valence-electron chi connectivity index (χ3n) is 3.77. The van der Waals surface area contributed by atoms with Crippen molar-refractivity contribution in [3.8, 4) is 0 Å². The molecule has 3 aromatic rings. The fourth-order valence-electron chi connectivity index (χ4n) is 2.49. The number of nitrogens with zero attached hydrogens (tertiary/aromatic N) is 1. The molecule has 4 nitrogen and oxygen atoms in total. The van der Waals surface area contributed by atoms with E-state index in [2.05, 4.69) is 10.3 Å². The highest BCUT2D eigenvalue weighted by atomic mass is 32.2. The summed E-state index contributed by atoms with van der Waals surface area (Å²) in [6.45, 7) is 1.93. The van der Waals surface area contributed by atoms with Crippen LogP contribution in [0.1, 0.15) is 28.6 Å². The van der Waals surface area contributed by atoms with E-state index in [0.29, 0.717) is 22.8 Å². The lowest BCUT2D eigenvalue weighted by molar-refractivity contribution is 0.0935. The Labute approximate surface area is 155 Å². The summed E-state index contributed by atoms with van der Waals surface area (Å²) < 4.78 is 18.3. The molecule has 0 aliphatic rings. The first kappa shape index (κ1) is 18.2. The first-order valence-corrected chi connectivity index (χ1v) is 9.26. The fraction of sp³-hybridized carbons (Fsp3) is 0.200. The number of aromatic nitrogens is 1. The van der Waals surface area contributed by atoms with Gasteiger partial charge in [-0.1, -0.05) is 12.1 Å². The summed E-state index contributed by atoms with van der Waals surface area (Å²) in [7, 11) is 0. The molecule has 0 saturated heterocycles. The van der Waals surface area contributed by atoms with Crippen LogP contribution in [-0.2, 0) is 12.2 Å². The van der Waals surface area contributed by atoms with Gasteiger partial charge in [0, 0.05) is 24.4 Å². The molecule has 6 heteroatoms. The van der Waals surface area contributed by atoms with Gasteiger partial charge in [0.25, 0.3) is 5.91 Å². The summed E-state index contributed by atoms with van der Waals surface area (Å²) in [4.78, 5) is 16.9. The van der Waals surface area contributed by atoms with E-state index in [1.54, 1.807) is 36.7 Å². The SMILES string of the molecule is CC(Cc1ccco1)NC(=O)c1cccnc1SCc1ccc(F)cc1. The highest BCUT2D eigenvalue weighted by Gasteiger charge is 2.16. The van der Waals surface area contributed by atoms with E-state index in [4.69, 9.17) is 4.42 Å². The monoisotopic (exact) mass is 370 g/mol. The molecule has 0 aliphatic carbocycles. The smallest absolute Gasteiger partial charge is 0.254 e. The van der Waals surface area contributed by atoms with Crippen molar-refractivity contribution in [1.29, 1.82) is 0 Å². The first-order chi connectivity index (χ1) is 12.6. The molecular formula is C20H19FN2O2S. The van der Waals surface area contributed by atoms with E-state index in [9.17, 15) is 9.18 Å². The Morgan fingerprint density at radius 1 is 1.23 bits per heavy atom. The van der Waals surface area contributed by atoms with Crippen molar-refractivity contribution < 1.29 is 13.6 Å². The topological polar surface area (TPSA) is 55.1 Å². The Kier molecular flexibility index (Phi) is 6.07. The zero-order valence-corrected chi connectivity index (χ0v) is 15.1. The molecule has 26 heavy (non-hydrogen) atoms. The molecule has 0 aliphatic heterocycles. The third-order valence-corrected chi connectivity index (χ3v) is 4.85. The Balaban J connectivity index is 1.63. The van der Waals surface area contributed by atoms with Crippen LogP contribution in [0.2, 0.25) is 0 Å². The van der Waals surface area contributed by atoms with Crippen molar-refractivity contribution >= 4 is 17.7 Å². The van der Waals surface area contributed by atoms with Crippen molar-refractivity contribution in [2.45, 2.75) is 30.2 Å². The summed E-state index contributed by atoms with van der Waals surface area (Å²) in [6, 6.07) is 13.5. The molecule has 1 N–H and O–H groups in total. The van der Waals surface area contributed by atoms with E-state index < -0.39 is 0 Å². The van der Waals surface area contributed by atoms with E-state index >= 15 is 0 Å². The molecule has 1 unspecified atom stereocenters. The molecule has 134 valence electrons. The van der Waals surface area contributed by atoms with Crippen molar-refractivity contribution in [2.24, 2.45) is 0 Å². The van der Waals surface area contributed by atoms with Gasteiger partial charge in [-0.2, -0.15) is 0 Å². The molecule has 2 heterocycles. The predicted octanol–water partition coefficient (Wildman–Crippen LogP) is 4.47. The van der Waals surface area contributed by atoms with E-state index in [1.165, 1.54) is 23.9 Å². The van der Waals surface area contributed by atoms with Crippen LogP contribution in [0.25, 0.3) is 0 Å². The number of amides is 1. The molecule has 1 atom stereocenters. The lowest BCUT2D eigenvalue weighted by Crippen LogP contribution is -2.34. The molecular weight excluding hydrogens is 351 g/mol. The number of pyridine rings is 1. The fourth-order valence-corrected chi connectivity index (χ4v) is 3.44. The second-order valence-electron chi connectivity index (χ2n) is 5.93. The van der Waals surface area contributed by atoms with Crippen LogP contribution in [0.3, 0.4) is 0 Å². The number of furan rings is 1. The van der Waals surface area contributed by atoms with Crippen LogP contribution in [0.15, 0.2) is 70.4 Å². The quantitative estimate of drug-likeness (QED) is 0.624. The van der Waals surface area contributed by atoms with Crippen LogP contribution in [0, 0.1) is 5.82 Å². The molecule has 1 amide bonds. The number of rotatable bonds is 7. The highest BCUT2D eigenvalue weighted by Crippen LogP contribution is 2.24. The maximum Gasteiger partial charge on any atom is 0.254 e. The molecule has 1 aromatic carbocycles. The van der Waals surface area contributed by atoms with Crippen molar-refractivity contribution in [1.82, 2.24) is 10.3 Å². The number of benzene rings is 1. The average molecular weight is 370 g/mol. The minimum absolute atomic E-state index is 0.0659. The van der Waals surface area contributed by atoms with E-state index in [-0.39, 0.29) is 17.8 Å². The van der Waals surface area contributed by atoms with Crippen molar-refractivity contribution in [3.63, 3.8) is 0 Å². The largest absolute Gasteiger partial charge is 0.469 e. The number of halogens is 1. The number of hydrogen-bond acceptors (Lipinski definition) is 4. The van der Waals surface area contributed by atoms with Crippen LogP contribution in [-0.4, -0.2) is 16.9 Å². The van der Waals surface area contributed by atoms with Crippen molar-refractivity contribution in [2.75, 3.05) is 0 Å². The van der Waals surface area contributed by atoms with Gasteiger partial charge in [0.15, 0.2) is 0 Å². The van der Waals surface area contributed by atoms with Gasteiger partial charge in [0.05, 0.1) is 11.8 Å². The van der Waals surface area contributed by atoms with Gasteiger partial charge in [0.1, 0.15) is 16.6 Å². The van der Waals surface area contributed by atoms with E-state index in [0.717, 1.165) is 11.3 Å². The Bertz CT molecular complexity index is 851. The summed E-state index contributed by atoms with van der Waals surface area (Å²) in [5.41, 5.74) is 1.51. The first-order valence-electron chi connectivity index (χ1n) is 8.27. The maximum atomic E-state index is 13.0. The summed E-state index contributed by atoms with van der Waals surface area (Å²) in [6.07, 6.45) is 3.91. The van der Waals surface area contributed by atoms with Gasteiger partial charge >= 0.3 is 0 Å². The maximum absolute atomic E-state index is 13.0. The third kappa shape index (κ3) is 4.95. The van der Waals surface area contributed by atoms with Gasteiger partial charge in [0.2, 0.25) is 0 Å². The lowest BCUT2D eigenvalue weighted by Gasteiger charge is -2.14. The Morgan fingerprint density at radius 3 is 2.77 bits per heavy atom. The molecule has 0 bridgehead atoms. The normalized spacial score (nSPS) is 11.9. The summed E-state index contributed by atoms with van der Waals surface area (Å²) >= 11 is 1.45. The number of carbonyl (C=O) groups is 1. The minimum atomic E-state index is -0.262. The zero-order valence-electron chi connectivity index (χ0n) is 14.3. The van der Waals surface area contributed by atoms with Gasteiger partial charge in [-0.05, 0) is 48.9 Å². The van der Waals surface area contributed by atoms with Crippen LogP contribution >= 0.6 is 11.8 Å². The Hall–Kier alpha value is -2.60. The predicted molar refractivity (Wildman–Crippen MR) is 99.5 cm³/mol. The van der Waals surface area contributed by atoms with Gasteiger partial charge < -0.3 is 9.73 Å². The second-order valence-corrected chi connectivity index (χ2v) is 6.89. The second kappa shape index (κ2) is 8.67. The molecule has 0 spiro atoms. The van der Waals surface area contributed by atoms with Crippen LogP contribution < -0.4 is 5.32 Å². The van der Waals surface area contributed by atoms with Gasteiger partial charge in [-0.15, -0.1) is 11.8 Å². The number of thioether (sulfide) groups is 1. The number of hydrogen-bond donors (Lipinski definition) is 1. The lowest BCUT2D eigenvalue weighted by atomic mass is 10.2. The average Bonchev–Trinajstić information content (AvgIpc) is 3.14. The molecule has 0 saturated carbocycles. The number of carbonyl (C=O) groups excluding carboxylic acids is 1. The molecule has 3 rings (SSSR count). The highest BCUT2D eigenvalue weighted by molar-refractivity contribution is 7.98. The molecule has 0 fully saturated rings. The van der Waals surface area contributed by atoms with Crippen LogP contribution in [0.4, 0.5) is 4.39 Å². The number of nitrogens with one attached hydrogen (secondary N) is 1. The van der Waals surface area contributed by atoms with Gasteiger partial charge in [-0.3, -0.25) is 4.79 Å².